The Kier molecular flexibility index (Phi) is 5.95. The molecule has 1 rings (SSSR count). The fourth-order valence-electron chi connectivity index (χ4n) is 1.86. The Morgan fingerprint density at radius 1 is 1.50 bits per heavy atom. The Hall–Kier alpha value is -1.14. The van der Waals surface area contributed by atoms with Crippen molar-refractivity contribution in [3.63, 3.8) is 0 Å². The quantitative estimate of drug-likeness (QED) is 0.772. The number of hydrogen-bond donors (Lipinski definition) is 2. The number of nitrogens with one attached hydrogen (secondary N) is 1. The van der Waals surface area contributed by atoms with Crippen LogP contribution in [0.15, 0.2) is 5.38 Å². The van der Waals surface area contributed by atoms with Gasteiger partial charge in [-0.15, -0.1) is 11.3 Å². The van der Waals surface area contributed by atoms with Crippen LogP contribution in [0.1, 0.15) is 40.3 Å². The van der Waals surface area contributed by atoms with Crippen molar-refractivity contribution in [3.05, 3.63) is 11.1 Å². The standard InChI is InChI=1S/C14H25N3O2S/c1-6-17(7-2)8-10(3)15-13-16-11(9-20-13)14(4,5)12(18)19/h9-10H,6-8H2,1-5H3,(H,15,16)(H,18,19). The highest BCUT2D eigenvalue weighted by atomic mass is 32.1. The highest BCUT2D eigenvalue weighted by Gasteiger charge is 2.32. The Morgan fingerprint density at radius 2 is 2.10 bits per heavy atom. The summed E-state index contributed by atoms with van der Waals surface area (Å²) in [6.45, 7) is 12.8. The zero-order valence-electron chi connectivity index (χ0n) is 12.9. The van der Waals surface area contributed by atoms with Gasteiger partial charge in [0.25, 0.3) is 0 Å². The van der Waals surface area contributed by atoms with Crippen LogP contribution in [0, 0.1) is 0 Å². The number of nitrogens with zero attached hydrogens (tertiary/aromatic N) is 2. The summed E-state index contributed by atoms with van der Waals surface area (Å²) in [7, 11) is 0. The number of carboxylic acids is 1. The molecule has 114 valence electrons. The van der Waals surface area contributed by atoms with Gasteiger partial charge in [-0.2, -0.15) is 0 Å². The van der Waals surface area contributed by atoms with Crippen molar-refractivity contribution < 1.29 is 9.90 Å². The molecule has 2 N–H and O–H groups in total. The molecule has 6 heteroatoms. The van der Waals surface area contributed by atoms with E-state index in [1.54, 1.807) is 13.8 Å². The number of hydrogen-bond acceptors (Lipinski definition) is 5. The topological polar surface area (TPSA) is 65.5 Å². The first-order valence-electron chi connectivity index (χ1n) is 6.99. The maximum atomic E-state index is 11.2. The van der Waals surface area contributed by atoms with Crippen LogP contribution < -0.4 is 5.32 Å². The van der Waals surface area contributed by atoms with E-state index >= 15 is 0 Å². The van der Waals surface area contributed by atoms with Crippen LogP contribution in [0.3, 0.4) is 0 Å². The smallest absolute Gasteiger partial charge is 0.315 e. The zero-order valence-corrected chi connectivity index (χ0v) is 13.8. The number of anilines is 1. The summed E-state index contributed by atoms with van der Waals surface area (Å²) in [5.41, 5.74) is -0.342. The highest BCUT2D eigenvalue weighted by molar-refractivity contribution is 7.13. The van der Waals surface area contributed by atoms with Crippen LogP contribution in [-0.4, -0.2) is 46.6 Å². The van der Waals surface area contributed by atoms with Crippen molar-refractivity contribution in [1.29, 1.82) is 0 Å². The summed E-state index contributed by atoms with van der Waals surface area (Å²) in [4.78, 5) is 18.0. The summed E-state index contributed by atoms with van der Waals surface area (Å²) >= 11 is 1.46. The van der Waals surface area contributed by atoms with Gasteiger partial charge < -0.3 is 15.3 Å². The van der Waals surface area contributed by atoms with E-state index < -0.39 is 11.4 Å². The van der Waals surface area contributed by atoms with Crippen molar-refractivity contribution in [2.45, 2.75) is 46.1 Å². The van der Waals surface area contributed by atoms with E-state index in [-0.39, 0.29) is 6.04 Å². The molecule has 5 nitrogen and oxygen atoms in total. The summed E-state index contributed by atoms with van der Waals surface area (Å²) in [6.07, 6.45) is 0. The molecule has 0 amide bonds. The Bertz CT molecular complexity index is 441. The molecule has 0 aliphatic rings. The SMILES string of the molecule is CCN(CC)CC(C)Nc1nc(C(C)(C)C(=O)O)cs1. The van der Waals surface area contributed by atoms with Gasteiger partial charge >= 0.3 is 5.97 Å². The fraction of sp³-hybridized carbons (Fsp3) is 0.714. The van der Waals surface area contributed by atoms with Crippen molar-refractivity contribution in [1.82, 2.24) is 9.88 Å². The third kappa shape index (κ3) is 4.18. The van der Waals surface area contributed by atoms with Gasteiger partial charge in [0.05, 0.1) is 5.69 Å². The Balaban J connectivity index is 2.67. The van der Waals surface area contributed by atoms with Gasteiger partial charge in [-0.3, -0.25) is 4.79 Å². The lowest BCUT2D eigenvalue weighted by molar-refractivity contribution is -0.142. The lowest BCUT2D eigenvalue weighted by atomic mass is 9.90. The largest absolute Gasteiger partial charge is 0.481 e. The van der Waals surface area contributed by atoms with Crippen LogP contribution in [0.2, 0.25) is 0 Å². The molecule has 0 saturated carbocycles. The number of carboxylic acid groups (broad SMARTS) is 1. The maximum Gasteiger partial charge on any atom is 0.315 e. The van der Waals surface area contributed by atoms with Crippen molar-refractivity contribution >= 4 is 22.4 Å². The van der Waals surface area contributed by atoms with Gasteiger partial charge in [0.1, 0.15) is 5.41 Å². The van der Waals surface area contributed by atoms with Crippen LogP contribution in [0.25, 0.3) is 0 Å². The first kappa shape index (κ1) is 16.9. The number of aromatic nitrogens is 1. The third-order valence-corrected chi connectivity index (χ3v) is 4.25. The minimum Gasteiger partial charge on any atom is -0.481 e. The van der Waals surface area contributed by atoms with E-state index in [9.17, 15) is 9.90 Å². The van der Waals surface area contributed by atoms with Crippen molar-refractivity contribution in [2.24, 2.45) is 0 Å². The number of carbonyl (C=O) groups is 1. The molecule has 0 saturated heterocycles. The van der Waals surface area contributed by atoms with Gasteiger partial charge in [-0.1, -0.05) is 13.8 Å². The normalized spacial score (nSPS) is 13.5. The second-order valence-corrected chi connectivity index (χ2v) is 6.36. The molecular weight excluding hydrogens is 274 g/mol. The average molecular weight is 299 g/mol. The van der Waals surface area contributed by atoms with Crippen LogP contribution >= 0.6 is 11.3 Å². The van der Waals surface area contributed by atoms with E-state index in [4.69, 9.17) is 0 Å². The van der Waals surface area contributed by atoms with Crippen LogP contribution in [-0.2, 0) is 10.2 Å². The van der Waals surface area contributed by atoms with Gasteiger partial charge in [0, 0.05) is 18.0 Å². The summed E-state index contributed by atoms with van der Waals surface area (Å²) in [5, 5.41) is 15.2. The van der Waals surface area contributed by atoms with Gasteiger partial charge in [-0.25, -0.2) is 4.98 Å². The van der Waals surface area contributed by atoms with Crippen molar-refractivity contribution in [3.8, 4) is 0 Å². The molecule has 0 bridgehead atoms. The number of likely N-dealkylation sites (N-methyl/N-ethyl adjacent to an activating group) is 1. The minimum atomic E-state index is -0.946. The minimum absolute atomic E-state index is 0.279. The molecular formula is C14H25N3O2S. The molecule has 0 spiro atoms. The van der Waals surface area contributed by atoms with Crippen LogP contribution in [0.4, 0.5) is 5.13 Å². The maximum absolute atomic E-state index is 11.2. The number of thiazole rings is 1. The molecule has 0 fully saturated rings. The van der Waals surface area contributed by atoms with E-state index in [1.807, 2.05) is 5.38 Å². The zero-order chi connectivity index (χ0) is 15.3. The Labute approximate surface area is 125 Å². The fourth-order valence-corrected chi connectivity index (χ4v) is 2.85. The van der Waals surface area contributed by atoms with E-state index in [0.717, 1.165) is 24.8 Å². The molecule has 0 radical (unpaired) electrons. The monoisotopic (exact) mass is 299 g/mol. The van der Waals surface area contributed by atoms with Crippen molar-refractivity contribution in [2.75, 3.05) is 25.0 Å². The number of rotatable bonds is 8. The highest BCUT2D eigenvalue weighted by Crippen LogP contribution is 2.27. The van der Waals surface area contributed by atoms with E-state index in [2.05, 4.69) is 36.0 Å². The molecule has 1 atom stereocenters. The predicted octanol–water partition coefficient (Wildman–Crippen LogP) is 2.65. The second-order valence-electron chi connectivity index (χ2n) is 5.50. The van der Waals surface area contributed by atoms with Gasteiger partial charge in [0.15, 0.2) is 5.13 Å². The molecule has 20 heavy (non-hydrogen) atoms. The predicted molar refractivity (Wildman–Crippen MR) is 83.6 cm³/mol. The first-order valence-corrected chi connectivity index (χ1v) is 7.87. The Morgan fingerprint density at radius 3 is 2.60 bits per heavy atom. The van der Waals surface area contributed by atoms with Gasteiger partial charge in [-0.05, 0) is 33.9 Å². The van der Waals surface area contributed by atoms with Gasteiger partial charge in [0.2, 0.25) is 0 Å². The third-order valence-electron chi connectivity index (χ3n) is 3.48. The molecule has 0 aliphatic carbocycles. The average Bonchev–Trinajstić information content (AvgIpc) is 2.84. The first-order chi connectivity index (χ1) is 9.31. The molecule has 1 aromatic rings. The molecule has 1 aromatic heterocycles. The summed E-state index contributed by atoms with van der Waals surface area (Å²) < 4.78 is 0. The lowest BCUT2D eigenvalue weighted by Crippen LogP contribution is -2.34. The summed E-state index contributed by atoms with van der Waals surface area (Å²) in [6, 6.07) is 0.279. The molecule has 0 aromatic carbocycles. The molecule has 0 aliphatic heterocycles. The second kappa shape index (κ2) is 7.04. The van der Waals surface area contributed by atoms with E-state index in [1.165, 1.54) is 11.3 Å². The number of aliphatic carboxylic acids is 1. The lowest BCUT2D eigenvalue weighted by Gasteiger charge is -2.23. The summed E-state index contributed by atoms with van der Waals surface area (Å²) in [5.74, 6) is -0.856. The molecule has 1 unspecified atom stereocenters. The van der Waals surface area contributed by atoms with Crippen LogP contribution in [0.5, 0.6) is 0 Å². The van der Waals surface area contributed by atoms with E-state index in [0.29, 0.717) is 5.69 Å². The molecule has 1 heterocycles.